The van der Waals surface area contributed by atoms with Crippen molar-refractivity contribution in [2.24, 2.45) is 0 Å². The van der Waals surface area contributed by atoms with Gasteiger partial charge in [-0.1, -0.05) is 0 Å². The summed E-state index contributed by atoms with van der Waals surface area (Å²) >= 11 is -7.06. The summed E-state index contributed by atoms with van der Waals surface area (Å²) in [6.45, 7) is 0. The zero-order chi connectivity index (χ0) is 4.50. The first-order chi connectivity index (χ1) is 2.00. The number of halogens is 4. The molecule has 0 heterocycles. The van der Waals surface area contributed by atoms with Crippen molar-refractivity contribution in [3.8, 4) is 0 Å². The van der Waals surface area contributed by atoms with Crippen LogP contribution in [-0.4, -0.2) is 29.6 Å². The molecule has 0 nitrogen and oxygen atoms in total. The predicted octanol–water partition coefficient (Wildman–Crippen LogP) is 1.03. The van der Waals surface area contributed by atoms with Crippen LogP contribution < -0.4 is 0 Å². The standard InChI is InChI=1S/Er.4FH.Gd.Na.H/h;4*1H;;;/q;;;;;+4;;/p-4. The Morgan fingerprint density at radius 3 is 0.857 bits per heavy atom. The molecule has 0 atom stereocenters. The van der Waals surface area contributed by atoms with E-state index in [9.17, 15) is 4.46 Å². The van der Waals surface area contributed by atoms with Crippen LogP contribution in [0.4, 0.5) is 4.46 Å². The zero-order valence-corrected chi connectivity index (χ0v) is 6.27. The van der Waals surface area contributed by atoms with Gasteiger partial charge in [-0.25, -0.2) is 0 Å². The first kappa shape index (κ1) is 16.7. The summed E-state index contributed by atoms with van der Waals surface area (Å²) in [7, 11) is 0. The summed E-state index contributed by atoms with van der Waals surface area (Å²) in [5, 5.41) is 0. The zero-order valence-electron chi connectivity index (χ0n) is 2.15. The van der Waals surface area contributed by atoms with Gasteiger partial charge < -0.3 is 0 Å². The van der Waals surface area contributed by atoms with Gasteiger partial charge in [0.1, 0.15) is 0 Å². The number of rotatable bonds is 0. The fraction of sp³-hybridized carbons (Fsp3) is 0. The molecule has 0 aliphatic heterocycles. The molecule has 0 spiro atoms. The van der Waals surface area contributed by atoms with Gasteiger partial charge in [-0.3, -0.25) is 0 Å². The molecule has 0 aromatic rings. The molecule has 0 saturated carbocycles. The van der Waals surface area contributed by atoms with E-state index in [4.69, 9.17) is 0 Å². The van der Waals surface area contributed by atoms with Crippen molar-refractivity contribution in [2.75, 3.05) is 0 Å². The molecule has 50 valence electrons. The van der Waals surface area contributed by atoms with E-state index >= 15 is 0 Å². The van der Waals surface area contributed by atoms with E-state index in [-0.39, 0.29) is 66.9 Å². The average Bonchev–Trinajstić information content (AvgIpc) is 0.722. The molecule has 0 unspecified atom stereocenters. The molecule has 0 aromatic heterocycles. The minimum atomic E-state index is -7.06. The summed E-state index contributed by atoms with van der Waals surface area (Å²) in [6, 6.07) is 0. The van der Waals surface area contributed by atoms with Gasteiger partial charge in [-0.2, -0.15) is 0 Å². The van der Waals surface area contributed by atoms with Crippen LogP contribution in [0.3, 0.4) is 0 Å². The summed E-state index contributed by atoms with van der Waals surface area (Å²) in [4.78, 5) is 0. The van der Waals surface area contributed by atoms with E-state index in [0.29, 0.717) is 0 Å². The van der Waals surface area contributed by atoms with Crippen LogP contribution >= 0.6 is 0 Å². The third kappa shape index (κ3) is 45.6. The minimum absolute atomic E-state index is 0. The van der Waals surface area contributed by atoms with Crippen LogP contribution in [0.1, 0.15) is 0 Å². The molecular formula is HErF4GdNa. The Bertz CT molecular complexity index is 27.2. The van der Waals surface area contributed by atoms with Gasteiger partial charge in [0.25, 0.3) is 0 Å². The molecule has 0 amide bonds. The molecule has 0 rings (SSSR count). The van der Waals surface area contributed by atoms with Crippen molar-refractivity contribution in [1.82, 2.24) is 0 Å². The van der Waals surface area contributed by atoms with Gasteiger partial charge in [0.2, 0.25) is 0 Å². The summed E-state index contributed by atoms with van der Waals surface area (Å²) in [5.74, 6) is 0. The van der Waals surface area contributed by atoms with Gasteiger partial charge >= 0.3 is 69.1 Å². The summed E-state index contributed by atoms with van der Waals surface area (Å²) in [6.07, 6.45) is 0. The van der Waals surface area contributed by atoms with Crippen LogP contribution in [0.2, 0.25) is 0 Å². The van der Waals surface area contributed by atoms with E-state index in [2.05, 4.69) is 0 Å². The Morgan fingerprint density at radius 2 is 0.857 bits per heavy atom. The molecule has 0 bridgehead atoms. The monoisotopic (exact) mass is 424 g/mol. The second-order valence-electron chi connectivity index (χ2n) is 0.303. The van der Waals surface area contributed by atoms with Gasteiger partial charge in [0.15, 0.2) is 0 Å². The first-order valence-electron chi connectivity index (χ1n) is 0.535. The Morgan fingerprint density at radius 1 is 0.857 bits per heavy atom. The fourth-order valence-corrected chi connectivity index (χ4v) is 0. The molecule has 0 N–H and O–H groups in total. The quantitative estimate of drug-likeness (QED) is 0.403. The Labute approximate surface area is 103 Å². The maximum absolute atomic E-state index is 9.88. The van der Waals surface area contributed by atoms with Gasteiger partial charge in [-0.05, 0) is 0 Å². The molecule has 0 aliphatic carbocycles. The Kier molecular flexibility index (Phi) is 17.7. The van der Waals surface area contributed by atoms with E-state index in [1.54, 1.807) is 0 Å². The fourth-order valence-electron chi connectivity index (χ4n) is 0. The number of hydrogen-bond donors (Lipinski definition) is 0. The predicted molar refractivity (Wildman–Crippen MR) is 11.6 cm³/mol. The normalized spacial score (nSPS) is 10.9. The van der Waals surface area contributed by atoms with Crippen molar-refractivity contribution in [1.29, 1.82) is 0 Å². The van der Waals surface area contributed by atoms with Gasteiger partial charge in [0.05, 0.1) is 0 Å². The third-order valence-electron chi connectivity index (χ3n) is 0. The van der Waals surface area contributed by atoms with Crippen molar-refractivity contribution in [3.05, 3.63) is 0 Å². The molecule has 0 aromatic carbocycles. The van der Waals surface area contributed by atoms with Crippen molar-refractivity contribution >= 4 is 29.6 Å². The van der Waals surface area contributed by atoms with Crippen molar-refractivity contribution in [3.63, 3.8) is 0 Å². The molecule has 0 saturated heterocycles. The molecular weight excluding hydrogens is 423 g/mol. The second-order valence-corrected chi connectivity index (χ2v) is 2.25. The van der Waals surface area contributed by atoms with Crippen LogP contribution in [0.25, 0.3) is 0 Å². The van der Waals surface area contributed by atoms with Crippen LogP contribution in [0, 0.1) is 72.3 Å². The topological polar surface area (TPSA) is 0 Å². The third-order valence-corrected chi connectivity index (χ3v) is 0. The molecule has 0 aliphatic rings. The van der Waals surface area contributed by atoms with Crippen molar-refractivity contribution in [2.45, 2.75) is 0 Å². The first-order valence-corrected chi connectivity index (χ1v) is 3.96. The van der Waals surface area contributed by atoms with Gasteiger partial charge in [0, 0.05) is 37.3 Å². The van der Waals surface area contributed by atoms with Crippen molar-refractivity contribution < 1.29 is 76.8 Å². The molecule has 7 heteroatoms. The van der Waals surface area contributed by atoms with Crippen LogP contribution in [0.5, 0.6) is 0 Å². The molecule has 0 radical (unpaired) electrons. The van der Waals surface area contributed by atoms with E-state index < -0.39 is 35.0 Å². The summed E-state index contributed by atoms with van der Waals surface area (Å²) < 4.78 is 39.5. The Balaban J connectivity index is -0.0000000800. The van der Waals surface area contributed by atoms with E-state index in [1.807, 2.05) is 0 Å². The van der Waals surface area contributed by atoms with E-state index in [0.717, 1.165) is 0 Å². The molecule has 7 heavy (non-hydrogen) atoms. The Hall–Kier alpha value is 3.29. The van der Waals surface area contributed by atoms with Crippen LogP contribution in [-0.2, 0) is 0 Å². The maximum atomic E-state index is 9.88. The van der Waals surface area contributed by atoms with E-state index in [1.165, 1.54) is 0 Å². The van der Waals surface area contributed by atoms with Gasteiger partial charge in [-0.15, -0.1) is 0 Å². The average molecular weight is 424 g/mol. The number of hydrogen-bond acceptors (Lipinski definition) is 0. The SMILES string of the molecule is [Er].[F][Gd]([F])([F])[F].[NaH]. The van der Waals surface area contributed by atoms with Crippen LogP contribution in [0.15, 0.2) is 0 Å². The summed E-state index contributed by atoms with van der Waals surface area (Å²) in [5.41, 5.74) is 0. The molecule has 0 fully saturated rings. The second kappa shape index (κ2) is 7.40.